The van der Waals surface area contributed by atoms with E-state index in [1.54, 1.807) is 0 Å². The molecule has 2 N–H and O–H groups in total. The second kappa shape index (κ2) is 6.89. The summed E-state index contributed by atoms with van der Waals surface area (Å²) in [6.07, 6.45) is -3.41. The van der Waals surface area contributed by atoms with E-state index in [1.807, 2.05) is 0 Å². The highest BCUT2D eigenvalue weighted by molar-refractivity contribution is 5.79. The number of hydrogen-bond donors (Lipinski definition) is 2. The maximum absolute atomic E-state index is 12.2. The van der Waals surface area contributed by atoms with E-state index in [1.165, 1.54) is 12.1 Å². The maximum Gasteiger partial charge on any atom is 0.573 e. The van der Waals surface area contributed by atoms with Crippen molar-refractivity contribution in [3.63, 3.8) is 0 Å². The first kappa shape index (κ1) is 17.1. The Morgan fingerprint density at radius 3 is 2.65 bits per heavy atom. The molecule has 126 valence electrons. The van der Waals surface area contributed by atoms with Crippen molar-refractivity contribution in [1.82, 2.24) is 5.32 Å². The van der Waals surface area contributed by atoms with Crippen LogP contribution in [0.1, 0.15) is 24.8 Å². The summed E-state index contributed by atoms with van der Waals surface area (Å²) in [5.74, 6) is -2.07. The van der Waals surface area contributed by atoms with Crippen LogP contribution in [0.25, 0.3) is 0 Å². The highest BCUT2D eigenvalue weighted by Crippen LogP contribution is 2.26. The Kier molecular flexibility index (Phi) is 5.12. The molecule has 0 radical (unpaired) electrons. The van der Waals surface area contributed by atoms with E-state index in [0.717, 1.165) is 12.1 Å². The lowest BCUT2D eigenvalue weighted by atomic mass is 10.1. The summed E-state index contributed by atoms with van der Waals surface area (Å²) in [7, 11) is 0. The van der Waals surface area contributed by atoms with Gasteiger partial charge in [0.2, 0.25) is 5.91 Å². The van der Waals surface area contributed by atoms with Crippen LogP contribution in [0, 0.1) is 5.92 Å². The number of carbonyl (C=O) groups is 2. The van der Waals surface area contributed by atoms with Crippen LogP contribution in [0.15, 0.2) is 24.3 Å². The quantitative estimate of drug-likeness (QED) is 0.869. The molecule has 0 heterocycles. The fourth-order valence-electron chi connectivity index (χ4n) is 2.65. The number of hydrogen-bond acceptors (Lipinski definition) is 3. The van der Waals surface area contributed by atoms with Crippen molar-refractivity contribution < 1.29 is 32.6 Å². The van der Waals surface area contributed by atoms with E-state index in [0.29, 0.717) is 24.8 Å². The van der Waals surface area contributed by atoms with Gasteiger partial charge in [0, 0.05) is 6.04 Å². The van der Waals surface area contributed by atoms with Crippen molar-refractivity contribution in [2.24, 2.45) is 5.92 Å². The second-order valence-electron chi connectivity index (χ2n) is 5.48. The molecule has 1 saturated carbocycles. The Balaban J connectivity index is 1.88. The third-order valence-corrected chi connectivity index (χ3v) is 3.64. The molecular formula is C15H16F3NO4. The number of ether oxygens (including phenoxy) is 1. The molecule has 1 aromatic carbocycles. The first-order valence-electron chi connectivity index (χ1n) is 7.10. The number of aliphatic carboxylic acids is 1. The van der Waals surface area contributed by atoms with E-state index < -0.39 is 18.2 Å². The fraction of sp³-hybridized carbons (Fsp3) is 0.467. The van der Waals surface area contributed by atoms with Gasteiger partial charge in [-0.2, -0.15) is 0 Å². The summed E-state index contributed by atoms with van der Waals surface area (Å²) >= 11 is 0. The number of alkyl halides is 3. The van der Waals surface area contributed by atoms with E-state index in [9.17, 15) is 22.8 Å². The van der Waals surface area contributed by atoms with Crippen molar-refractivity contribution in [3.8, 4) is 5.75 Å². The molecule has 0 aromatic heterocycles. The van der Waals surface area contributed by atoms with Crippen molar-refractivity contribution in [3.05, 3.63) is 29.8 Å². The van der Waals surface area contributed by atoms with Crippen LogP contribution in [-0.4, -0.2) is 29.4 Å². The Hall–Kier alpha value is -2.25. The van der Waals surface area contributed by atoms with E-state index >= 15 is 0 Å². The molecule has 1 aliphatic carbocycles. The monoisotopic (exact) mass is 331 g/mol. The van der Waals surface area contributed by atoms with Gasteiger partial charge >= 0.3 is 12.3 Å². The van der Waals surface area contributed by atoms with E-state index in [2.05, 4.69) is 10.1 Å². The van der Waals surface area contributed by atoms with Gasteiger partial charge in [0.15, 0.2) is 0 Å². The summed E-state index contributed by atoms with van der Waals surface area (Å²) in [6.45, 7) is 0. The topological polar surface area (TPSA) is 75.6 Å². The van der Waals surface area contributed by atoms with Crippen LogP contribution >= 0.6 is 0 Å². The Bertz CT molecular complexity index is 588. The second-order valence-corrected chi connectivity index (χ2v) is 5.48. The van der Waals surface area contributed by atoms with Gasteiger partial charge in [-0.25, -0.2) is 0 Å². The van der Waals surface area contributed by atoms with Crippen LogP contribution in [0.3, 0.4) is 0 Å². The summed E-state index contributed by atoms with van der Waals surface area (Å²) < 4.78 is 40.3. The number of halogens is 3. The normalized spacial score (nSPS) is 21.0. The average Bonchev–Trinajstić information content (AvgIpc) is 2.85. The lowest BCUT2D eigenvalue weighted by Crippen LogP contribution is -2.34. The standard InChI is InChI=1S/C15H16F3NO4/c16-15(17,18)23-12-3-1-2-9(6-12)7-13(20)19-11-5-4-10(8-11)14(21)22/h1-3,6,10-11H,4-5,7-8H2,(H,19,20)(H,21,22)/t10-,11+/m1/s1. The molecule has 0 saturated heterocycles. The van der Waals surface area contributed by atoms with Gasteiger partial charge in [0.25, 0.3) is 0 Å². The van der Waals surface area contributed by atoms with Crippen molar-refractivity contribution >= 4 is 11.9 Å². The van der Waals surface area contributed by atoms with E-state index in [-0.39, 0.29) is 24.1 Å². The zero-order valence-electron chi connectivity index (χ0n) is 12.1. The Morgan fingerprint density at radius 1 is 1.30 bits per heavy atom. The molecule has 1 aromatic rings. The lowest BCUT2D eigenvalue weighted by Gasteiger charge is -2.13. The third kappa shape index (κ3) is 5.46. The van der Waals surface area contributed by atoms with Crippen LogP contribution < -0.4 is 10.1 Å². The molecule has 23 heavy (non-hydrogen) atoms. The molecule has 5 nitrogen and oxygen atoms in total. The molecular weight excluding hydrogens is 315 g/mol. The third-order valence-electron chi connectivity index (χ3n) is 3.64. The van der Waals surface area contributed by atoms with Gasteiger partial charge in [-0.3, -0.25) is 9.59 Å². The molecule has 1 fully saturated rings. The summed E-state index contributed by atoms with van der Waals surface area (Å²) in [6, 6.07) is 5.00. The van der Waals surface area contributed by atoms with Crippen LogP contribution in [0.2, 0.25) is 0 Å². The zero-order chi connectivity index (χ0) is 17.0. The Morgan fingerprint density at radius 2 is 2.04 bits per heavy atom. The fourth-order valence-corrected chi connectivity index (χ4v) is 2.65. The molecule has 1 aliphatic rings. The minimum absolute atomic E-state index is 0.0940. The molecule has 0 aliphatic heterocycles. The number of carboxylic acids is 1. The number of rotatable bonds is 5. The predicted molar refractivity (Wildman–Crippen MR) is 73.7 cm³/mol. The zero-order valence-corrected chi connectivity index (χ0v) is 12.1. The highest BCUT2D eigenvalue weighted by atomic mass is 19.4. The first-order chi connectivity index (χ1) is 10.7. The Labute approximate surface area is 130 Å². The maximum atomic E-state index is 12.2. The van der Waals surface area contributed by atoms with Gasteiger partial charge < -0.3 is 15.2 Å². The van der Waals surface area contributed by atoms with Crippen LogP contribution in [0.4, 0.5) is 13.2 Å². The molecule has 1 amide bonds. The molecule has 0 unspecified atom stereocenters. The van der Waals surface area contributed by atoms with Gasteiger partial charge in [-0.05, 0) is 37.0 Å². The lowest BCUT2D eigenvalue weighted by molar-refractivity contribution is -0.274. The van der Waals surface area contributed by atoms with Crippen LogP contribution in [0.5, 0.6) is 5.75 Å². The molecule has 8 heteroatoms. The van der Waals surface area contributed by atoms with Crippen LogP contribution in [-0.2, 0) is 16.0 Å². The van der Waals surface area contributed by atoms with Gasteiger partial charge in [-0.15, -0.1) is 13.2 Å². The minimum Gasteiger partial charge on any atom is -0.481 e. The van der Waals surface area contributed by atoms with E-state index in [4.69, 9.17) is 5.11 Å². The van der Waals surface area contributed by atoms with Crippen molar-refractivity contribution in [2.45, 2.75) is 38.1 Å². The van der Waals surface area contributed by atoms with Gasteiger partial charge in [-0.1, -0.05) is 12.1 Å². The summed E-state index contributed by atoms with van der Waals surface area (Å²) in [5, 5.41) is 11.6. The predicted octanol–water partition coefficient (Wildman–Crippen LogP) is 2.50. The van der Waals surface area contributed by atoms with Gasteiger partial charge in [0.05, 0.1) is 12.3 Å². The summed E-state index contributed by atoms with van der Waals surface area (Å²) in [5.41, 5.74) is 0.386. The number of carboxylic acid groups (broad SMARTS) is 1. The molecule has 2 atom stereocenters. The molecule has 0 spiro atoms. The first-order valence-corrected chi connectivity index (χ1v) is 7.10. The van der Waals surface area contributed by atoms with Crippen molar-refractivity contribution in [2.75, 3.05) is 0 Å². The molecule has 2 rings (SSSR count). The smallest absolute Gasteiger partial charge is 0.481 e. The number of carbonyl (C=O) groups excluding carboxylic acids is 1. The SMILES string of the molecule is O=C(Cc1cccc(OC(F)(F)F)c1)N[C@H]1CC[C@@H](C(=O)O)C1. The number of benzene rings is 1. The minimum atomic E-state index is -4.78. The largest absolute Gasteiger partial charge is 0.573 e. The number of nitrogens with one attached hydrogen (secondary N) is 1. The molecule has 0 bridgehead atoms. The number of amides is 1. The highest BCUT2D eigenvalue weighted by Gasteiger charge is 2.32. The van der Waals surface area contributed by atoms with Gasteiger partial charge in [0.1, 0.15) is 5.75 Å². The summed E-state index contributed by atoms with van der Waals surface area (Å²) in [4.78, 5) is 22.8. The van der Waals surface area contributed by atoms with Crippen molar-refractivity contribution in [1.29, 1.82) is 0 Å². The average molecular weight is 331 g/mol.